The van der Waals surface area contributed by atoms with Gasteiger partial charge in [0.25, 0.3) is 0 Å². The number of aromatic hydroxyl groups is 1. The van der Waals surface area contributed by atoms with E-state index < -0.39 is 11.6 Å². The van der Waals surface area contributed by atoms with E-state index in [0.717, 1.165) is 0 Å². The van der Waals surface area contributed by atoms with Crippen LogP contribution in [0.2, 0.25) is 10.0 Å². The second kappa shape index (κ2) is 9.59. The maximum absolute atomic E-state index is 13.4. The third kappa shape index (κ3) is 4.02. The standard InChI is InChI=1S/C27H16Cl2N6O3/c1-12-15(11-30)27(32-13-6-3-2-4-7-13)33-26(31)22(12)34-35-23-17(29)10-16(28)20-21(23)24(37)14-8-5-9-18(36)19(14)25(20)38/h2-10,36H,1H3,(H3,31,32,33). The van der Waals surface area contributed by atoms with Gasteiger partial charge >= 0.3 is 0 Å². The van der Waals surface area contributed by atoms with Crippen LogP contribution in [-0.2, 0) is 0 Å². The lowest BCUT2D eigenvalue weighted by Gasteiger charge is -2.21. The molecule has 0 fully saturated rings. The maximum atomic E-state index is 13.4. The van der Waals surface area contributed by atoms with E-state index in [9.17, 15) is 20.0 Å². The Morgan fingerprint density at radius 3 is 2.37 bits per heavy atom. The monoisotopic (exact) mass is 542 g/mol. The Morgan fingerprint density at radius 1 is 0.947 bits per heavy atom. The molecule has 11 heteroatoms. The first-order valence-electron chi connectivity index (χ1n) is 11.1. The fourth-order valence-corrected chi connectivity index (χ4v) is 4.79. The van der Waals surface area contributed by atoms with Crippen LogP contribution in [0.1, 0.15) is 43.0 Å². The first kappa shape index (κ1) is 24.9. The number of phenols is 1. The summed E-state index contributed by atoms with van der Waals surface area (Å²) in [5.74, 6) is -1.38. The topological polar surface area (TPSA) is 154 Å². The number of pyridine rings is 1. The summed E-state index contributed by atoms with van der Waals surface area (Å²) in [7, 11) is 0. The van der Waals surface area contributed by atoms with Crippen LogP contribution in [0.5, 0.6) is 5.75 Å². The molecule has 4 aromatic rings. The van der Waals surface area contributed by atoms with E-state index in [2.05, 4.69) is 26.6 Å². The van der Waals surface area contributed by atoms with Crippen molar-refractivity contribution >= 4 is 63.5 Å². The summed E-state index contributed by atoms with van der Waals surface area (Å²) in [6.45, 7) is 1.63. The molecule has 3 aromatic carbocycles. The summed E-state index contributed by atoms with van der Waals surface area (Å²) in [5.41, 5.74) is 6.98. The van der Waals surface area contributed by atoms with Gasteiger partial charge in [0.15, 0.2) is 23.2 Å². The van der Waals surface area contributed by atoms with Gasteiger partial charge in [0, 0.05) is 16.8 Å². The molecule has 38 heavy (non-hydrogen) atoms. The van der Waals surface area contributed by atoms with Crippen molar-refractivity contribution in [3.63, 3.8) is 0 Å². The minimum absolute atomic E-state index is 0.0160. The highest BCUT2D eigenvalue weighted by molar-refractivity contribution is 6.43. The number of hydrogen-bond donors (Lipinski definition) is 3. The van der Waals surface area contributed by atoms with Crippen molar-refractivity contribution in [2.45, 2.75) is 6.92 Å². The fourth-order valence-electron chi connectivity index (χ4n) is 4.21. The van der Waals surface area contributed by atoms with E-state index in [4.69, 9.17) is 28.9 Å². The van der Waals surface area contributed by atoms with E-state index in [0.29, 0.717) is 11.3 Å². The first-order valence-corrected chi connectivity index (χ1v) is 11.9. The number of fused-ring (bicyclic) bond motifs is 2. The van der Waals surface area contributed by atoms with Gasteiger partial charge in [-0.3, -0.25) is 9.59 Å². The number of phenolic OH excluding ortho intramolecular Hbond substituents is 1. The SMILES string of the molecule is Cc1c(C#N)c(Nc2ccccc2)nc(N)c1N=Nc1c(Cl)cc(Cl)c2c1C(=O)c1cccc(O)c1C2=O. The van der Waals surface area contributed by atoms with Crippen molar-refractivity contribution in [2.75, 3.05) is 11.1 Å². The van der Waals surface area contributed by atoms with Crippen LogP contribution >= 0.6 is 23.2 Å². The molecule has 0 bridgehead atoms. The average Bonchev–Trinajstić information content (AvgIpc) is 2.88. The highest BCUT2D eigenvalue weighted by atomic mass is 35.5. The van der Waals surface area contributed by atoms with Gasteiger partial charge in [-0.1, -0.05) is 53.5 Å². The molecule has 0 spiro atoms. The minimum atomic E-state index is -0.647. The highest BCUT2D eigenvalue weighted by Gasteiger charge is 2.37. The largest absolute Gasteiger partial charge is 0.507 e. The first-order chi connectivity index (χ1) is 18.2. The number of ketones is 2. The Hall–Kier alpha value is -4.78. The van der Waals surface area contributed by atoms with Crippen molar-refractivity contribution in [1.29, 1.82) is 5.26 Å². The molecule has 1 aliphatic carbocycles. The molecule has 0 saturated heterocycles. The molecule has 0 atom stereocenters. The number of azo groups is 1. The molecule has 0 aliphatic heterocycles. The van der Waals surface area contributed by atoms with Crippen molar-refractivity contribution in [1.82, 2.24) is 4.98 Å². The second-order valence-corrected chi connectivity index (χ2v) is 9.11. The van der Waals surface area contributed by atoms with Gasteiger partial charge in [-0.25, -0.2) is 4.98 Å². The summed E-state index contributed by atoms with van der Waals surface area (Å²) in [6.07, 6.45) is 0. The molecule has 0 unspecified atom stereocenters. The van der Waals surface area contributed by atoms with Crippen LogP contribution in [-0.4, -0.2) is 21.7 Å². The Balaban J connectivity index is 1.63. The number of nitrogens with zero attached hydrogens (tertiary/aromatic N) is 4. The molecular formula is C27H16Cl2N6O3. The number of halogens is 2. The van der Waals surface area contributed by atoms with Gasteiger partial charge in [-0.15, -0.1) is 10.2 Å². The zero-order chi connectivity index (χ0) is 27.1. The quantitative estimate of drug-likeness (QED) is 0.211. The molecule has 1 heterocycles. The lowest BCUT2D eigenvalue weighted by atomic mass is 9.82. The van der Waals surface area contributed by atoms with Crippen molar-refractivity contribution < 1.29 is 14.7 Å². The van der Waals surface area contributed by atoms with Gasteiger partial charge in [-0.05, 0) is 31.2 Å². The Labute approximate surface area is 226 Å². The molecule has 1 aliphatic rings. The maximum Gasteiger partial charge on any atom is 0.199 e. The predicted octanol–water partition coefficient (Wildman–Crippen LogP) is 6.79. The van der Waals surface area contributed by atoms with E-state index >= 15 is 0 Å². The van der Waals surface area contributed by atoms with Crippen molar-refractivity contribution in [3.05, 3.63) is 98.0 Å². The van der Waals surface area contributed by atoms with Crippen LogP contribution in [0.15, 0.2) is 64.8 Å². The van der Waals surface area contributed by atoms with Crippen LogP contribution in [0.4, 0.5) is 28.7 Å². The second-order valence-electron chi connectivity index (χ2n) is 8.29. The summed E-state index contributed by atoms with van der Waals surface area (Å²) in [6, 6.07) is 16.7. The summed E-state index contributed by atoms with van der Waals surface area (Å²) in [5, 5.41) is 31.3. The van der Waals surface area contributed by atoms with Gasteiger partial charge < -0.3 is 16.2 Å². The fraction of sp³-hybridized carbons (Fsp3) is 0.0370. The molecule has 4 N–H and O–H groups in total. The number of anilines is 3. The third-order valence-electron chi connectivity index (χ3n) is 6.01. The average molecular weight is 543 g/mol. The van der Waals surface area contributed by atoms with Gasteiger partial charge in [0.05, 0.1) is 32.3 Å². The number of nitriles is 1. The summed E-state index contributed by atoms with van der Waals surface area (Å²) in [4.78, 5) is 30.9. The van der Waals surface area contributed by atoms with E-state index in [1.165, 1.54) is 24.3 Å². The lowest BCUT2D eigenvalue weighted by molar-refractivity contribution is 0.0977. The molecule has 0 saturated carbocycles. The molecule has 1 aromatic heterocycles. The number of nitrogens with two attached hydrogens (primary N) is 1. The number of carbonyl (C=O) groups excluding carboxylic acids is 2. The molecule has 5 rings (SSSR count). The van der Waals surface area contributed by atoms with E-state index in [1.807, 2.05) is 30.3 Å². The normalized spacial score (nSPS) is 12.3. The van der Waals surface area contributed by atoms with Crippen LogP contribution in [0, 0.1) is 18.3 Å². The van der Waals surface area contributed by atoms with Gasteiger partial charge in [0.2, 0.25) is 0 Å². The molecule has 9 nitrogen and oxygen atoms in total. The number of hydrogen-bond acceptors (Lipinski definition) is 9. The van der Waals surface area contributed by atoms with Gasteiger partial charge in [-0.2, -0.15) is 5.26 Å². The smallest absolute Gasteiger partial charge is 0.199 e. The van der Waals surface area contributed by atoms with Crippen molar-refractivity contribution in [2.24, 2.45) is 10.2 Å². The molecule has 0 amide bonds. The van der Waals surface area contributed by atoms with E-state index in [-0.39, 0.29) is 66.6 Å². The molecule has 0 radical (unpaired) electrons. The number of carbonyl (C=O) groups is 2. The Kier molecular flexibility index (Phi) is 6.28. The van der Waals surface area contributed by atoms with Crippen molar-refractivity contribution in [3.8, 4) is 11.8 Å². The highest BCUT2D eigenvalue weighted by Crippen LogP contribution is 2.44. The summed E-state index contributed by atoms with van der Waals surface area (Å²) < 4.78 is 0. The zero-order valence-electron chi connectivity index (χ0n) is 19.6. The number of aromatic nitrogens is 1. The third-order valence-corrected chi connectivity index (χ3v) is 6.60. The molecule has 186 valence electrons. The lowest BCUT2D eigenvalue weighted by Crippen LogP contribution is -2.21. The summed E-state index contributed by atoms with van der Waals surface area (Å²) >= 11 is 12.7. The number of benzene rings is 3. The van der Waals surface area contributed by atoms with Crippen LogP contribution < -0.4 is 11.1 Å². The number of para-hydroxylation sites is 1. The van der Waals surface area contributed by atoms with Gasteiger partial charge in [0.1, 0.15) is 23.2 Å². The minimum Gasteiger partial charge on any atom is -0.507 e. The Bertz CT molecular complexity index is 1750. The number of nitrogens with one attached hydrogen (secondary N) is 1. The van der Waals surface area contributed by atoms with Crippen LogP contribution in [0.25, 0.3) is 0 Å². The predicted molar refractivity (Wildman–Crippen MR) is 143 cm³/mol. The zero-order valence-corrected chi connectivity index (χ0v) is 21.1. The molecular weight excluding hydrogens is 527 g/mol. The number of nitrogen functional groups attached to an aromatic ring is 1. The Morgan fingerprint density at radius 2 is 1.66 bits per heavy atom. The van der Waals surface area contributed by atoms with Crippen LogP contribution in [0.3, 0.4) is 0 Å². The number of rotatable bonds is 4. The van der Waals surface area contributed by atoms with E-state index in [1.54, 1.807) is 6.92 Å².